The highest BCUT2D eigenvalue weighted by Crippen LogP contribution is 2.36. The Morgan fingerprint density at radius 2 is 2.12 bits per heavy atom. The summed E-state index contributed by atoms with van der Waals surface area (Å²) in [6.45, 7) is 4.03. The second-order valence-electron chi connectivity index (χ2n) is 6.13. The minimum absolute atomic E-state index is 0.0448. The summed E-state index contributed by atoms with van der Waals surface area (Å²) < 4.78 is 6.06. The quantitative estimate of drug-likeness (QED) is 0.801. The summed E-state index contributed by atoms with van der Waals surface area (Å²) in [6.07, 6.45) is 7.45. The second kappa shape index (κ2) is 7.74. The molecule has 0 aliphatic heterocycles. The Labute approximate surface area is 152 Å². The number of rotatable bonds is 5. The molecule has 2 unspecified atom stereocenters. The van der Waals surface area contributed by atoms with Gasteiger partial charge in [0.25, 0.3) is 5.22 Å². The zero-order chi connectivity index (χ0) is 17.8. The molecular weight excluding hydrogens is 332 g/mol. The van der Waals surface area contributed by atoms with Crippen LogP contribution in [0.4, 0.5) is 0 Å². The van der Waals surface area contributed by atoms with Crippen LogP contribution in [0.5, 0.6) is 0 Å². The van der Waals surface area contributed by atoms with Gasteiger partial charge in [-0.15, -0.1) is 0 Å². The number of carbonyl (C=O) groups excluding carboxylic acids is 1. The first kappa shape index (κ1) is 17.5. The van der Waals surface area contributed by atoms with E-state index < -0.39 is 0 Å². The van der Waals surface area contributed by atoms with Crippen LogP contribution in [0.2, 0.25) is 0 Å². The SMILES string of the molecule is CNC(=O)C(C)Sc1nc(-c2ccccc2)c(C2=CCC(C)C=C2)o1. The molecule has 4 nitrogen and oxygen atoms in total. The molecule has 0 radical (unpaired) electrons. The smallest absolute Gasteiger partial charge is 0.257 e. The number of aromatic nitrogens is 1. The molecule has 0 saturated heterocycles. The van der Waals surface area contributed by atoms with Gasteiger partial charge < -0.3 is 9.73 Å². The fourth-order valence-electron chi connectivity index (χ4n) is 2.64. The van der Waals surface area contributed by atoms with Crippen molar-refractivity contribution in [3.05, 3.63) is 54.3 Å². The maximum Gasteiger partial charge on any atom is 0.257 e. The molecule has 0 fully saturated rings. The van der Waals surface area contributed by atoms with Gasteiger partial charge in [0.15, 0.2) is 5.76 Å². The van der Waals surface area contributed by atoms with Crippen LogP contribution in [0.3, 0.4) is 0 Å². The van der Waals surface area contributed by atoms with Crippen molar-refractivity contribution in [2.24, 2.45) is 5.92 Å². The zero-order valence-electron chi connectivity index (χ0n) is 14.7. The van der Waals surface area contributed by atoms with E-state index in [0.29, 0.717) is 11.1 Å². The maximum absolute atomic E-state index is 11.8. The van der Waals surface area contributed by atoms with E-state index in [9.17, 15) is 4.79 Å². The van der Waals surface area contributed by atoms with Crippen LogP contribution in [0.25, 0.3) is 16.8 Å². The molecule has 25 heavy (non-hydrogen) atoms. The molecule has 3 rings (SSSR count). The van der Waals surface area contributed by atoms with Gasteiger partial charge in [-0.3, -0.25) is 4.79 Å². The Bertz CT molecular complexity index is 808. The van der Waals surface area contributed by atoms with Gasteiger partial charge in [-0.25, -0.2) is 4.98 Å². The van der Waals surface area contributed by atoms with Gasteiger partial charge >= 0.3 is 0 Å². The number of hydrogen-bond donors (Lipinski definition) is 1. The molecule has 0 saturated carbocycles. The number of nitrogens with zero attached hydrogens (tertiary/aromatic N) is 1. The monoisotopic (exact) mass is 354 g/mol. The van der Waals surface area contributed by atoms with Gasteiger partial charge in [-0.2, -0.15) is 0 Å². The van der Waals surface area contributed by atoms with Crippen LogP contribution in [0, 0.1) is 5.92 Å². The highest BCUT2D eigenvalue weighted by atomic mass is 32.2. The first-order valence-electron chi connectivity index (χ1n) is 8.41. The standard InChI is InChI=1S/C20H22N2O2S/c1-13-9-11-16(12-10-13)18-17(15-7-5-4-6-8-15)22-20(24-18)25-14(2)19(23)21-3/h4-9,11-14H,10H2,1-3H3,(H,21,23). The summed E-state index contributed by atoms with van der Waals surface area (Å²) in [6, 6.07) is 10.00. The number of carbonyl (C=O) groups is 1. The van der Waals surface area contributed by atoms with E-state index in [2.05, 4.69) is 35.5 Å². The van der Waals surface area contributed by atoms with Gasteiger partial charge in [0.1, 0.15) is 5.69 Å². The average Bonchev–Trinajstić information content (AvgIpc) is 3.06. The van der Waals surface area contributed by atoms with Gasteiger partial charge in [0.05, 0.1) is 5.25 Å². The Morgan fingerprint density at radius 1 is 1.36 bits per heavy atom. The van der Waals surface area contributed by atoms with E-state index >= 15 is 0 Å². The Hall–Kier alpha value is -2.27. The molecule has 2 aromatic rings. The van der Waals surface area contributed by atoms with Gasteiger partial charge in [-0.05, 0) is 19.3 Å². The predicted molar refractivity (Wildman–Crippen MR) is 102 cm³/mol. The molecule has 130 valence electrons. The summed E-state index contributed by atoms with van der Waals surface area (Å²) in [4.78, 5) is 16.5. The van der Waals surface area contributed by atoms with Crippen LogP contribution < -0.4 is 5.32 Å². The van der Waals surface area contributed by atoms with Crippen molar-refractivity contribution in [2.75, 3.05) is 7.05 Å². The molecule has 1 heterocycles. The molecular formula is C20H22N2O2S. The first-order chi connectivity index (χ1) is 12.1. The number of nitrogens with one attached hydrogen (secondary N) is 1. The van der Waals surface area contributed by atoms with Crippen LogP contribution in [0.15, 0.2) is 58.2 Å². The van der Waals surface area contributed by atoms with Gasteiger partial charge in [0.2, 0.25) is 5.91 Å². The number of hydrogen-bond acceptors (Lipinski definition) is 4. The molecule has 0 bridgehead atoms. The molecule has 1 aromatic carbocycles. The number of benzene rings is 1. The summed E-state index contributed by atoms with van der Waals surface area (Å²) in [5.41, 5.74) is 2.87. The number of oxazole rings is 1. The lowest BCUT2D eigenvalue weighted by molar-refractivity contribution is -0.119. The van der Waals surface area contributed by atoms with Crippen molar-refractivity contribution in [3.63, 3.8) is 0 Å². The van der Waals surface area contributed by atoms with Crippen molar-refractivity contribution < 1.29 is 9.21 Å². The highest BCUT2D eigenvalue weighted by molar-refractivity contribution is 8.00. The largest absolute Gasteiger partial charge is 0.431 e. The lowest BCUT2D eigenvalue weighted by atomic mass is 9.95. The number of allylic oxidation sites excluding steroid dienone is 4. The number of amides is 1. The van der Waals surface area contributed by atoms with Gasteiger partial charge in [0, 0.05) is 18.2 Å². The zero-order valence-corrected chi connectivity index (χ0v) is 15.5. The van der Waals surface area contributed by atoms with E-state index in [0.717, 1.165) is 29.0 Å². The van der Waals surface area contributed by atoms with E-state index in [1.807, 2.05) is 37.3 Å². The molecule has 1 N–H and O–H groups in total. The Morgan fingerprint density at radius 3 is 2.76 bits per heavy atom. The van der Waals surface area contributed by atoms with Gasteiger partial charge in [-0.1, -0.05) is 67.2 Å². The molecule has 1 aromatic heterocycles. The minimum Gasteiger partial charge on any atom is -0.431 e. The molecule has 1 amide bonds. The Balaban J connectivity index is 1.98. The second-order valence-corrected chi connectivity index (χ2v) is 7.42. The third kappa shape index (κ3) is 4.04. The summed E-state index contributed by atoms with van der Waals surface area (Å²) in [5.74, 6) is 1.26. The van der Waals surface area contributed by atoms with Crippen LogP contribution in [0.1, 0.15) is 26.0 Å². The van der Waals surface area contributed by atoms with E-state index in [4.69, 9.17) is 4.42 Å². The summed E-state index contributed by atoms with van der Waals surface area (Å²) in [5, 5.41) is 2.90. The van der Waals surface area contributed by atoms with Crippen molar-refractivity contribution in [1.82, 2.24) is 10.3 Å². The van der Waals surface area contributed by atoms with E-state index in [1.165, 1.54) is 11.8 Å². The molecule has 2 atom stereocenters. The fraction of sp³-hybridized carbons (Fsp3) is 0.300. The highest BCUT2D eigenvalue weighted by Gasteiger charge is 2.22. The van der Waals surface area contributed by atoms with Crippen molar-refractivity contribution in [3.8, 4) is 11.3 Å². The summed E-state index contributed by atoms with van der Waals surface area (Å²) >= 11 is 1.33. The normalized spacial score (nSPS) is 17.9. The molecule has 1 aliphatic rings. The van der Waals surface area contributed by atoms with Crippen molar-refractivity contribution >= 4 is 23.2 Å². The van der Waals surface area contributed by atoms with Crippen LogP contribution >= 0.6 is 11.8 Å². The van der Waals surface area contributed by atoms with Crippen molar-refractivity contribution in [2.45, 2.75) is 30.7 Å². The molecule has 5 heteroatoms. The maximum atomic E-state index is 11.8. The topological polar surface area (TPSA) is 55.1 Å². The predicted octanol–water partition coefficient (Wildman–Crippen LogP) is 4.55. The summed E-state index contributed by atoms with van der Waals surface area (Å²) in [7, 11) is 1.63. The fourth-order valence-corrected chi connectivity index (χ4v) is 3.44. The number of thioether (sulfide) groups is 1. The average molecular weight is 354 g/mol. The third-order valence-electron chi connectivity index (χ3n) is 4.12. The van der Waals surface area contributed by atoms with E-state index in [1.54, 1.807) is 7.05 Å². The lowest BCUT2D eigenvalue weighted by Crippen LogP contribution is -2.27. The first-order valence-corrected chi connectivity index (χ1v) is 9.29. The van der Waals surface area contributed by atoms with E-state index in [-0.39, 0.29) is 11.2 Å². The van der Waals surface area contributed by atoms with Crippen LogP contribution in [-0.2, 0) is 4.79 Å². The molecule has 1 aliphatic carbocycles. The third-order valence-corrected chi connectivity index (χ3v) is 5.07. The Kier molecular flexibility index (Phi) is 5.43. The van der Waals surface area contributed by atoms with Crippen molar-refractivity contribution in [1.29, 1.82) is 0 Å². The minimum atomic E-state index is -0.268. The lowest BCUT2D eigenvalue weighted by Gasteiger charge is -2.10. The molecule has 0 spiro atoms. The van der Waals surface area contributed by atoms with Crippen LogP contribution in [-0.4, -0.2) is 23.2 Å².